The van der Waals surface area contributed by atoms with E-state index in [1.54, 1.807) is 13.3 Å². The number of nitrogens with zero attached hydrogens (tertiary/aromatic N) is 3. The van der Waals surface area contributed by atoms with E-state index in [0.717, 1.165) is 33.6 Å². The Hall–Kier alpha value is -3.47. The average Bonchev–Trinajstić information content (AvgIpc) is 2.72. The van der Waals surface area contributed by atoms with E-state index < -0.39 is 0 Å². The van der Waals surface area contributed by atoms with Crippen molar-refractivity contribution in [3.63, 3.8) is 0 Å². The van der Waals surface area contributed by atoms with E-state index >= 15 is 0 Å². The van der Waals surface area contributed by atoms with E-state index in [9.17, 15) is 0 Å². The van der Waals surface area contributed by atoms with Crippen LogP contribution in [0.1, 0.15) is 5.56 Å². The van der Waals surface area contributed by atoms with Crippen LogP contribution in [0.4, 0.5) is 5.82 Å². The molecule has 5 heteroatoms. The Morgan fingerprint density at radius 2 is 1.77 bits per heavy atom. The van der Waals surface area contributed by atoms with E-state index in [1.165, 1.54) is 0 Å². The van der Waals surface area contributed by atoms with Crippen LogP contribution < -0.4 is 10.1 Å². The monoisotopic (exact) mass is 342 g/mol. The number of ether oxygens (including phenoxy) is 1. The van der Waals surface area contributed by atoms with Gasteiger partial charge in [-0.05, 0) is 48.0 Å². The molecule has 0 saturated heterocycles. The molecule has 0 fully saturated rings. The lowest BCUT2D eigenvalue weighted by Crippen LogP contribution is -2.04. The molecule has 26 heavy (non-hydrogen) atoms. The molecule has 2 aromatic heterocycles. The molecule has 2 aromatic carbocycles. The van der Waals surface area contributed by atoms with Crippen LogP contribution in [0.5, 0.6) is 5.75 Å². The van der Waals surface area contributed by atoms with Crippen molar-refractivity contribution in [2.75, 3.05) is 12.4 Å². The first-order valence-electron chi connectivity index (χ1n) is 8.37. The van der Waals surface area contributed by atoms with Crippen molar-refractivity contribution in [3.05, 3.63) is 78.6 Å². The number of para-hydroxylation sites is 1. The normalized spacial score (nSPS) is 10.7. The van der Waals surface area contributed by atoms with Crippen molar-refractivity contribution in [1.29, 1.82) is 0 Å². The van der Waals surface area contributed by atoms with Gasteiger partial charge in [-0.15, -0.1) is 0 Å². The molecular weight excluding hydrogens is 324 g/mol. The fourth-order valence-electron chi connectivity index (χ4n) is 2.77. The van der Waals surface area contributed by atoms with Gasteiger partial charge < -0.3 is 10.1 Å². The number of hydrogen-bond donors (Lipinski definition) is 1. The molecule has 0 radical (unpaired) electrons. The maximum absolute atomic E-state index is 5.23. The number of methoxy groups -OCH3 is 1. The second-order valence-corrected chi connectivity index (χ2v) is 5.86. The van der Waals surface area contributed by atoms with Crippen molar-refractivity contribution in [3.8, 4) is 17.1 Å². The van der Waals surface area contributed by atoms with E-state index in [-0.39, 0.29) is 0 Å². The van der Waals surface area contributed by atoms with Gasteiger partial charge in [-0.2, -0.15) is 0 Å². The molecule has 0 spiro atoms. The summed E-state index contributed by atoms with van der Waals surface area (Å²) >= 11 is 0. The lowest BCUT2D eigenvalue weighted by Gasteiger charge is -2.11. The van der Waals surface area contributed by atoms with Crippen molar-refractivity contribution in [1.82, 2.24) is 15.0 Å². The number of aromatic nitrogens is 3. The molecule has 0 aliphatic carbocycles. The summed E-state index contributed by atoms with van der Waals surface area (Å²) in [5.74, 6) is 2.30. The lowest BCUT2D eigenvalue weighted by atomic mass is 10.1. The van der Waals surface area contributed by atoms with Crippen LogP contribution in [0, 0.1) is 0 Å². The number of benzene rings is 2. The summed E-state index contributed by atoms with van der Waals surface area (Å²) in [4.78, 5) is 13.6. The van der Waals surface area contributed by atoms with Gasteiger partial charge in [-0.25, -0.2) is 9.97 Å². The summed E-state index contributed by atoms with van der Waals surface area (Å²) in [5.41, 5.74) is 2.95. The minimum absolute atomic E-state index is 0.650. The Balaban J connectivity index is 1.72. The number of hydrogen-bond acceptors (Lipinski definition) is 5. The molecule has 4 aromatic rings. The van der Waals surface area contributed by atoms with E-state index in [0.29, 0.717) is 12.4 Å². The molecular formula is C21H18N4O. The third-order valence-electron chi connectivity index (χ3n) is 4.13. The Kier molecular flexibility index (Phi) is 4.43. The third-order valence-corrected chi connectivity index (χ3v) is 4.13. The Morgan fingerprint density at radius 3 is 2.54 bits per heavy atom. The molecule has 4 rings (SSSR count). The predicted molar refractivity (Wildman–Crippen MR) is 103 cm³/mol. The topological polar surface area (TPSA) is 59.9 Å². The van der Waals surface area contributed by atoms with Crippen LogP contribution >= 0.6 is 0 Å². The summed E-state index contributed by atoms with van der Waals surface area (Å²) in [7, 11) is 1.65. The van der Waals surface area contributed by atoms with Gasteiger partial charge in [0.25, 0.3) is 0 Å². The van der Waals surface area contributed by atoms with Crippen molar-refractivity contribution in [2.24, 2.45) is 0 Å². The third kappa shape index (κ3) is 3.32. The Morgan fingerprint density at radius 1 is 0.923 bits per heavy atom. The van der Waals surface area contributed by atoms with E-state index in [1.807, 2.05) is 66.9 Å². The summed E-state index contributed by atoms with van der Waals surface area (Å²) in [6.07, 6.45) is 3.62. The maximum Gasteiger partial charge on any atom is 0.162 e. The molecule has 0 aliphatic rings. The van der Waals surface area contributed by atoms with Gasteiger partial charge in [0.2, 0.25) is 0 Å². The molecule has 1 N–H and O–H groups in total. The van der Waals surface area contributed by atoms with Gasteiger partial charge in [0, 0.05) is 29.9 Å². The first-order chi connectivity index (χ1) is 12.8. The smallest absolute Gasteiger partial charge is 0.162 e. The number of anilines is 1. The molecule has 128 valence electrons. The average molecular weight is 342 g/mol. The molecule has 0 saturated carbocycles. The first kappa shape index (κ1) is 16.0. The van der Waals surface area contributed by atoms with Gasteiger partial charge in [0.15, 0.2) is 5.82 Å². The van der Waals surface area contributed by atoms with E-state index in [2.05, 4.69) is 10.3 Å². The SMILES string of the molecule is COc1ccc(-c2nc(NCc3cccnc3)c3ccccc3n2)cc1. The van der Waals surface area contributed by atoms with Crippen LogP contribution in [-0.2, 0) is 6.54 Å². The fraction of sp³-hybridized carbons (Fsp3) is 0.0952. The minimum Gasteiger partial charge on any atom is -0.497 e. The van der Waals surface area contributed by atoms with Gasteiger partial charge in [0.05, 0.1) is 12.6 Å². The summed E-state index contributed by atoms with van der Waals surface area (Å²) in [6.45, 7) is 0.650. The zero-order valence-corrected chi connectivity index (χ0v) is 14.4. The van der Waals surface area contributed by atoms with Crippen LogP contribution in [0.3, 0.4) is 0 Å². The molecule has 0 atom stereocenters. The molecule has 2 heterocycles. The molecule has 0 unspecified atom stereocenters. The zero-order valence-electron chi connectivity index (χ0n) is 14.4. The molecule has 0 bridgehead atoms. The molecule has 5 nitrogen and oxygen atoms in total. The van der Waals surface area contributed by atoms with Crippen LogP contribution in [0.2, 0.25) is 0 Å². The Labute approximate surface area is 151 Å². The number of pyridine rings is 1. The number of nitrogens with one attached hydrogen (secondary N) is 1. The lowest BCUT2D eigenvalue weighted by molar-refractivity contribution is 0.415. The van der Waals surface area contributed by atoms with Gasteiger partial charge in [0.1, 0.15) is 11.6 Å². The zero-order chi connectivity index (χ0) is 17.8. The molecule has 0 amide bonds. The minimum atomic E-state index is 0.650. The van der Waals surface area contributed by atoms with Gasteiger partial charge in [-0.3, -0.25) is 4.98 Å². The quantitative estimate of drug-likeness (QED) is 0.585. The predicted octanol–water partition coefficient (Wildman–Crippen LogP) is 4.31. The second-order valence-electron chi connectivity index (χ2n) is 5.86. The highest BCUT2D eigenvalue weighted by atomic mass is 16.5. The second kappa shape index (κ2) is 7.19. The van der Waals surface area contributed by atoms with Crippen LogP contribution in [0.25, 0.3) is 22.3 Å². The summed E-state index contributed by atoms with van der Waals surface area (Å²) < 4.78 is 5.23. The molecule has 0 aliphatic heterocycles. The van der Waals surface area contributed by atoms with Crippen molar-refractivity contribution in [2.45, 2.75) is 6.54 Å². The largest absolute Gasteiger partial charge is 0.497 e. The number of fused-ring (bicyclic) bond motifs is 1. The van der Waals surface area contributed by atoms with E-state index in [4.69, 9.17) is 14.7 Å². The fourth-order valence-corrected chi connectivity index (χ4v) is 2.77. The highest BCUT2D eigenvalue weighted by Gasteiger charge is 2.09. The first-order valence-corrected chi connectivity index (χ1v) is 8.37. The van der Waals surface area contributed by atoms with Crippen LogP contribution in [0.15, 0.2) is 73.1 Å². The van der Waals surface area contributed by atoms with Gasteiger partial charge >= 0.3 is 0 Å². The highest BCUT2D eigenvalue weighted by molar-refractivity contribution is 5.90. The maximum atomic E-state index is 5.23. The Bertz CT molecular complexity index is 1020. The standard InChI is InChI=1S/C21H18N4O/c1-26-17-10-8-16(9-11-17)20-24-19-7-3-2-6-18(19)21(25-20)23-14-15-5-4-12-22-13-15/h2-13H,14H2,1H3,(H,23,24,25). The van der Waals surface area contributed by atoms with Crippen molar-refractivity contribution >= 4 is 16.7 Å². The summed E-state index contributed by atoms with van der Waals surface area (Å²) in [6, 6.07) is 19.7. The number of rotatable bonds is 5. The highest BCUT2D eigenvalue weighted by Crippen LogP contribution is 2.26. The van der Waals surface area contributed by atoms with Gasteiger partial charge in [-0.1, -0.05) is 18.2 Å². The van der Waals surface area contributed by atoms with Crippen LogP contribution in [-0.4, -0.2) is 22.1 Å². The summed E-state index contributed by atoms with van der Waals surface area (Å²) in [5, 5.41) is 4.41. The van der Waals surface area contributed by atoms with Crippen molar-refractivity contribution < 1.29 is 4.74 Å².